The summed E-state index contributed by atoms with van der Waals surface area (Å²) in [6.07, 6.45) is 3.51. The molecule has 8 nitrogen and oxygen atoms in total. The van der Waals surface area contributed by atoms with Crippen LogP contribution in [0.3, 0.4) is 0 Å². The number of nitrogens with one attached hydrogen (secondary N) is 1. The van der Waals surface area contributed by atoms with Gasteiger partial charge in [-0.1, -0.05) is 0 Å². The number of Topliss-reactive ketones (excluding diaryl/α,β-unsaturated/α-hetero) is 1. The van der Waals surface area contributed by atoms with Crippen LogP contribution >= 0.6 is 11.3 Å². The molecule has 2 N–H and O–H groups in total. The summed E-state index contributed by atoms with van der Waals surface area (Å²) in [5.41, 5.74) is 3.62. The Kier molecular flexibility index (Phi) is 4.52. The van der Waals surface area contributed by atoms with Gasteiger partial charge in [0, 0.05) is 48.7 Å². The van der Waals surface area contributed by atoms with E-state index in [1.54, 1.807) is 5.51 Å². The molecule has 2 saturated heterocycles. The molecule has 158 valence electrons. The molecule has 2 aromatic rings. The van der Waals surface area contributed by atoms with Crippen molar-refractivity contribution in [3.63, 3.8) is 0 Å². The van der Waals surface area contributed by atoms with E-state index in [0.29, 0.717) is 35.4 Å². The van der Waals surface area contributed by atoms with Crippen LogP contribution in [0.5, 0.6) is 0 Å². The molecule has 1 aliphatic carbocycles. The molecule has 1 unspecified atom stereocenters. The number of hydrogen-bond acceptors (Lipinski definition) is 9. The minimum atomic E-state index is -0.779. The van der Waals surface area contributed by atoms with Crippen molar-refractivity contribution in [1.82, 2.24) is 15.0 Å². The number of rotatable bonds is 6. The molecule has 10 heteroatoms. The molecular weight excluding hydrogens is 422 g/mol. The van der Waals surface area contributed by atoms with Crippen LogP contribution in [-0.2, 0) is 22.3 Å². The van der Waals surface area contributed by atoms with Crippen molar-refractivity contribution < 1.29 is 14.1 Å². The normalized spacial score (nSPS) is 24.8. The summed E-state index contributed by atoms with van der Waals surface area (Å²) in [5.74, 6) is 2.68. The van der Waals surface area contributed by atoms with Crippen molar-refractivity contribution in [2.24, 2.45) is 11.3 Å². The number of aryl methyl sites for hydroxylation is 1. The molecule has 0 aromatic carbocycles. The molecule has 1 atom stereocenters. The van der Waals surface area contributed by atoms with Crippen molar-refractivity contribution in [2.45, 2.75) is 36.6 Å². The molecule has 30 heavy (non-hydrogen) atoms. The zero-order chi connectivity index (χ0) is 20.3. The molecule has 3 fully saturated rings. The Morgan fingerprint density at radius 3 is 2.90 bits per heavy atom. The summed E-state index contributed by atoms with van der Waals surface area (Å²) in [6, 6.07) is 0.387. The number of fused-ring (bicyclic) bond motifs is 1. The smallest absolute Gasteiger partial charge is 0.253 e. The molecule has 0 amide bonds. The molecule has 6 rings (SSSR count). The predicted octanol–water partition coefficient (Wildman–Crippen LogP) is 2.24. The second kappa shape index (κ2) is 7.15. The molecule has 2 aromatic heterocycles. The highest BCUT2D eigenvalue weighted by atomic mass is 32.2. The van der Waals surface area contributed by atoms with Crippen molar-refractivity contribution in [2.75, 3.05) is 42.3 Å². The van der Waals surface area contributed by atoms with Gasteiger partial charge in [0.05, 0.1) is 18.7 Å². The average Bonchev–Trinajstić information content (AvgIpc) is 3.29. The van der Waals surface area contributed by atoms with E-state index in [2.05, 4.69) is 15.2 Å². The zero-order valence-corrected chi connectivity index (χ0v) is 18.2. The summed E-state index contributed by atoms with van der Waals surface area (Å²) >= 11 is 0.672. The molecule has 5 heterocycles. The molecule has 1 saturated carbocycles. The molecular formula is C20H24N5O3S2+. The number of carbonyl (C=O) groups is 1. The van der Waals surface area contributed by atoms with Gasteiger partial charge in [-0.15, -0.1) is 11.3 Å². The first-order valence-electron chi connectivity index (χ1n) is 10.4. The van der Waals surface area contributed by atoms with E-state index in [1.807, 2.05) is 5.38 Å². The minimum Gasteiger partial charge on any atom is -0.380 e. The highest BCUT2D eigenvalue weighted by molar-refractivity contribution is 7.92. The lowest BCUT2D eigenvalue weighted by atomic mass is 9.64. The number of anilines is 2. The van der Waals surface area contributed by atoms with Crippen LogP contribution in [0.25, 0.3) is 0 Å². The van der Waals surface area contributed by atoms with E-state index < -0.39 is 11.2 Å². The third kappa shape index (κ3) is 3.21. The fraction of sp³-hybridized carbons (Fsp3) is 0.600. The largest absolute Gasteiger partial charge is 0.380 e. The van der Waals surface area contributed by atoms with Crippen LogP contribution in [0.1, 0.15) is 35.4 Å². The van der Waals surface area contributed by atoms with Gasteiger partial charge in [0.1, 0.15) is 11.4 Å². The standard InChI is InChI=1S/C20H24N5O3S2/c26-16(15-8-29-11-21-15)3-12-6-25(7-12)19-23-14-1-2-30(27)17(14)18(24-19)22-13-4-20(5-13)9-28-10-20/h8,11-13,27H,1-7,9-10H2,(H,22,23,24)/q+1. The molecule has 0 bridgehead atoms. The summed E-state index contributed by atoms with van der Waals surface area (Å²) in [7, 11) is 0. The van der Waals surface area contributed by atoms with Gasteiger partial charge < -0.3 is 15.0 Å². The van der Waals surface area contributed by atoms with Crippen LogP contribution in [0.15, 0.2) is 15.8 Å². The van der Waals surface area contributed by atoms with Gasteiger partial charge in [-0.25, -0.2) is 9.97 Å². The van der Waals surface area contributed by atoms with E-state index in [0.717, 1.165) is 67.7 Å². The monoisotopic (exact) mass is 446 g/mol. The molecule has 0 radical (unpaired) electrons. The van der Waals surface area contributed by atoms with Gasteiger partial charge >= 0.3 is 0 Å². The Balaban J connectivity index is 1.14. The average molecular weight is 447 g/mol. The van der Waals surface area contributed by atoms with Crippen molar-refractivity contribution >= 4 is 40.1 Å². The first-order chi connectivity index (χ1) is 14.6. The Labute approximate surface area is 181 Å². The maximum absolute atomic E-state index is 12.3. The highest BCUT2D eigenvalue weighted by Gasteiger charge is 2.51. The van der Waals surface area contributed by atoms with Crippen LogP contribution in [0.2, 0.25) is 0 Å². The van der Waals surface area contributed by atoms with E-state index in [1.165, 1.54) is 11.3 Å². The first kappa shape index (κ1) is 19.0. The predicted molar refractivity (Wildman–Crippen MR) is 116 cm³/mol. The maximum Gasteiger partial charge on any atom is 0.253 e. The number of hydrogen-bond donors (Lipinski definition) is 2. The molecule has 3 aliphatic heterocycles. The van der Waals surface area contributed by atoms with E-state index >= 15 is 0 Å². The third-order valence-corrected chi connectivity index (χ3v) is 8.72. The lowest BCUT2D eigenvalue weighted by Gasteiger charge is -2.53. The van der Waals surface area contributed by atoms with E-state index in [-0.39, 0.29) is 5.78 Å². The SMILES string of the molecule is O=C(CC1CN(c2nc3c(c(NC4CC5(COC5)C4)n2)[S+](O)CC3)C1)c1cscn1. The zero-order valence-electron chi connectivity index (χ0n) is 16.5. The summed E-state index contributed by atoms with van der Waals surface area (Å²) in [5, 5.41) is 5.40. The Bertz CT molecular complexity index is 967. The van der Waals surface area contributed by atoms with Crippen LogP contribution in [-0.4, -0.2) is 63.4 Å². The Morgan fingerprint density at radius 1 is 1.37 bits per heavy atom. The topological polar surface area (TPSA) is 100 Å². The summed E-state index contributed by atoms with van der Waals surface area (Å²) in [4.78, 5) is 29.0. The lowest BCUT2D eigenvalue weighted by molar-refractivity contribution is -0.159. The second-order valence-corrected chi connectivity index (χ2v) is 11.2. The van der Waals surface area contributed by atoms with Gasteiger partial charge in [0.2, 0.25) is 5.95 Å². The fourth-order valence-corrected chi connectivity index (χ4v) is 6.82. The number of nitrogens with zero attached hydrogens (tertiary/aromatic N) is 4. The van der Waals surface area contributed by atoms with Gasteiger partial charge in [-0.2, -0.15) is 9.54 Å². The second-order valence-electron chi connectivity index (χ2n) is 8.98. The number of thiazole rings is 1. The van der Waals surface area contributed by atoms with Crippen molar-refractivity contribution in [3.05, 3.63) is 22.3 Å². The number of carbonyl (C=O) groups excluding carboxylic acids is 1. The Morgan fingerprint density at radius 2 is 2.20 bits per heavy atom. The minimum absolute atomic E-state index is 0.112. The fourth-order valence-electron chi connectivity index (χ4n) is 4.92. The van der Waals surface area contributed by atoms with Crippen molar-refractivity contribution in [3.8, 4) is 0 Å². The summed E-state index contributed by atoms with van der Waals surface area (Å²) < 4.78 is 15.9. The quantitative estimate of drug-likeness (QED) is 0.515. The maximum atomic E-state index is 12.3. The lowest BCUT2D eigenvalue weighted by Crippen LogP contribution is -2.56. The van der Waals surface area contributed by atoms with Crippen LogP contribution < -0.4 is 10.2 Å². The van der Waals surface area contributed by atoms with Gasteiger partial charge in [0.25, 0.3) is 4.90 Å². The van der Waals surface area contributed by atoms with Gasteiger partial charge in [0.15, 0.2) is 28.5 Å². The highest BCUT2D eigenvalue weighted by Crippen LogP contribution is 2.48. The number of ether oxygens (including phenoxy) is 1. The van der Waals surface area contributed by atoms with Gasteiger partial charge in [-0.05, 0) is 12.8 Å². The first-order valence-corrected chi connectivity index (χ1v) is 12.7. The van der Waals surface area contributed by atoms with Crippen LogP contribution in [0.4, 0.5) is 11.8 Å². The third-order valence-electron chi connectivity index (χ3n) is 6.64. The van der Waals surface area contributed by atoms with E-state index in [9.17, 15) is 9.35 Å². The van der Waals surface area contributed by atoms with Gasteiger partial charge in [-0.3, -0.25) is 4.79 Å². The molecule has 1 spiro atoms. The summed E-state index contributed by atoms with van der Waals surface area (Å²) in [6.45, 7) is 3.31. The number of ketones is 1. The number of aromatic nitrogens is 3. The molecule has 4 aliphatic rings. The Hall–Kier alpha value is -1.75. The van der Waals surface area contributed by atoms with E-state index in [4.69, 9.17) is 14.7 Å². The van der Waals surface area contributed by atoms with Crippen LogP contribution in [0, 0.1) is 11.3 Å². The van der Waals surface area contributed by atoms with Crippen molar-refractivity contribution in [1.29, 1.82) is 0 Å².